The number of aryl methyl sites for hydroxylation is 1. The van der Waals surface area contributed by atoms with Gasteiger partial charge in [-0.15, -0.1) is 0 Å². The molecule has 252 valence electrons. The summed E-state index contributed by atoms with van der Waals surface area (Å²) in [7, 11) is 1.99. The van der Waals surface area contributed by atoms with Gasteiger partial charge in [-0.1, -0.05) is 0 Å². The maximum atomic E-state index is 16.5. The summed E-state index contributed by atoms with van der Waals surface area (Å²) in [6, 6.07) is -0.196. The molecule has 2 aliphatic rings. The molecule has 0 amide bonds. The van der Waals surface area contributed by atoms with Crippen molar-refractivity contribution in [3.8, 4) is 23.1 Å². The lowest BCUT2D eigenvalue weighted by Gasteiger charge is -2.24. The van der Waals surface area contributed by atoms with Crippen molar-refractivity contribution in [2.75, 3.05) is 70.6 Å². The quantitative estimate of drug-likeness (QED) is 0.210. The van der Waals surface area contributed by atoms with E-state index in [9.17, 15) is 13.2 Å². The van der Waals surface area contributed by atoms with Gasteiger partial charge in [0, 0.05) is 38.2 Å². The number of aromatic nitrogens is 4. The molecule has 0 aromatic carbocycles. The summed E-state index contributed by atoms with van der Waals surface area (Å²) in [5.74, 6) is -3.85. The van der Waals surface area contributed by atoms with Crippen molar-refractivity contribution in [1.29, 1.82) is 0 Å². The van der Waals surface area contributed by atoms with Gasteiger partial charge >= 0.3 is 12.2 Å². The van der Waals surface area contributed by atoms with Gasteiger partial charge in [-0.2, -0.15) is 23.1 Å². The number of anilines is 2. The number of pyridine rings is 2. The smallest absolute Gasteiger partial charge is 0.418 e. The van der Waals surface area contributed by atoms with E-state index in [0.29, 0.717) is 39.3 Å². The second kappa shape index (κ2) is 13.6. The first kappa shape index (κ1) is 33.7. The van der Waals surface area contributed by atoms with E-state index in [1.54, 1.807) is 6.92 Å². The van der Waals surface area contributed by atoms with Crippen LogP contribution in [0.1, 0.15) is 44.4 Å². The minimum atomic E-state index is -5.11. The number of halogens is 5. The van der Waals surface area contributed by atoms with Crippen LogP contribution in [0.4, 0.5) is 33.6 Å². The number of hydrogen-bond donors (Lipinski definition) is 3. The summed E-state index contributed by atoms with van der Waals surface area (Å²) in [4.78, 5) is 18.6. The van der Waals surface area contributed by atoms with Gasteiger partial charge in [0.05, 0.1) is 36.1 Å². The Morgan fingerprint density at radius 3 is 2.54 bits per heavy atom. The highest BCUT2D eigenvalue weighted by atomic mass is 19.4. The summed E-state index contributed by atoms with van der Waals surface area (Å²) < 4.78 is 92.4. The molecule has 0 saturated heterocycles. The Balaban J connectivity index is 1.63. The van der Waals surface area contributed by atoms with Crippen LogP contribution in [0.5, 0.6) is 11.9 Å². The molecular weight excluding hydrogens is 615 g/mol. The van der Waals surface area contributed by atoms with Crippen LogP contribution < -0.4 is 25.8 Å². The Labute approximate surface area is 263 Å². The molecule has 1 fully saturated rings. The Hall–Kier alpha value is -3.63. The molecule has 1 aliphatic carbocycles. The van der Waals surface area contributed by atoms with Crippen LogP contribution in [0.25, 0.3) is 22.2 Å². The summed E-state index contributed by atoms with van der Waals surface area (Å²) in [5, 5.41) is 6.36. The fourth-order valence-corrected chi connectivity index (χ4v) is 5.55. The first-order valence-electron chi connectivity index (χ1n) is 15.3. The molecule has 1 saturated carbocycles. The van der Waals surface area contributed by atoms with Crippen molar-refractivity contribution < 1.29 is 36.2 Å². The highest BCUT2D eigenvalue weighted by molar-refractivity contribution is 5.96. The van der Waals surface area contributed by atoms with Gasteiger partial charge in [0.25, 0.3) is 0 Å². The molecule has 5 rings (SSSR count). The van der Waals surface area contributed by atoms with Crippen LogP contribution in [-0.2, 0) is 10.9 Å². The third-order valence-electron chi connectivity index (χ3n) is 8.12. The van der Waals surface area contributed by atoms with Gasteiger partial charge in [0.2, 0.25) is 5.88 Å². The Morgan fingerprint density at radius 1 is 1.09 bits per heavy atom. The predicted molar refractivity (Wildman–Crippen MR) is 162 cm³/mol. The Morgan fingerprint density at radius 2 is 1.85 bits per heavy atom. The van der Waals surface area contributed by atoms with E-state index in [1.807, 2.05) is 14.0 Å². The minimum Gasteiger partial charge on any atom is -0.474 e. The lowest BCUT2D eigenvalue weighted by atomic mass is 10.0. The van der Waals surface area contributed by atoms with Crippen LogP contribution >= 0.6 is 0 Å². The fraction of sp³-hybridized carbons (Fsp3) is 0.600. The van der Waals surface area contributed by atoms with E-state index in [4.69, 9.17) is 19.9 Å². The number of nitrogens with two attached hydrogens (primary N) is 1. The molecule has 3 aromatic heterocycles. The van der Waals surface area contributed by atoms with Crippen molar-refractivity contribution >= 4 is 22.5 Å². The van der Waals surface area contributed by atoms with Crippen LogP contribution in [0.2, 0.25) is 0 Å². The maximum Gasteiger partial charge on any atom is 0.418 e. The lowest BCUT2D eigenvalue weighted by molar-refractivity contribution is -0.138. The van der Waals surface area contributed by atoms with Crippen molar-refractivity contribution in [2.45, 2.75) is 52.3 Å². The van der Waals surface area contributed by atoms with Crippen LogP contribution in [0.3, 0.4) is 0 Å². The summed E-state index contributed by atoms with van der Waals surface area (Å²) in [6.07, 6.45) is -3.32. The number of nitrogens with zero attached hydrogens (tertiary/aromatic N) is 5. The zero-order chi connectivity index (χ0) is 33.2. The highest BCUT2D eigenvalue weighted by Gasteiger charge is 2.45. The molecule has 0 spiro atoms. The van der Waals surface area contributed by atoms with Gasteiger partial charge in [-0.3, -0.25) is 0 Å². The molecule has 0 bridgehead atoms. The number of alkyl halides is 3. The van der Waals surface area contributed by atoms with Gasteiger partial charge < -0.3 is 35.5 Å². The van der Waals surface area contributed by atoms with E-state index < -0.39 is 57.8 Å². The standard InChI is InChI=1S/C30H39F5N8O3/c1-5-44-13-12-43(4)14-29(7-8-29)15-45-28-41-24-19-26(42-28)38-11-10-37-9-6-16(2)46-27(19)40-23(22(24)32)18-20(30(33,34)35)17(3)39-25(36)21(18)31/h16,37H,5-15H2,1-4H3,(H2,36,39)(H,38,41,42). The third-order valence-corrected chi connectivity index (χ3v) is 8.12. The van der Waals surface area contributed by atoms with Crippen molar-refractivity contribution in [3.05, 3.63) is 22.9 Å². The molecule has 3 aromatic rings. The average Bonchev–Trinajstić information content (AvgIpc) is 3.75. The van der Waals surface area contributed by atoms with Gasteiger partial charge in [0.15, 0.2) is 17.5 Å². The molecule has 11 nitrogen and oxygen atoms in total. The van der Waals surface area contributed by atoms with Crippen molar-refractivity contribution in [3.63, 3.8) is 0 Å². The van der Waals surface area contributed by atoms with Crippen LogP contribution in [-0.4, -0.2) is 90.5 Å². The highest BCUT2D eigenvalue weighted by Crippen LogP contribution is 2.47. The lowest BCUT2D eigenvalue weighted by Crippen LogP contribution is -2.33. The van der Waals surface area contributed by atoms with E-state index in [0.717, 1.165) is 32.9 Å². The predicted octanol–water partition coefficient (Wildman–Crippen LogP) is 4.57. The first-order valence-corrected chi connectivity index (χ1v) is 15.3. The zero-order valence-corrected chi connectivity index (χ0v) is 26.3. The molecule has 16 heteroatoms. The number of likely N-dealkylation sites (N-methyl/N-ethyl adjacent to an activating group) is 1. The van der Waals surface area contributed by atoms with Crippen LogP contribution in [0.15, 0.2) is 0 Å². The average molecular weight is 655 g/mol. The van der Waals surface area contributed by atoms with E-state index in [-0.39, 0.29) is 35.1 Å². The first-order chi connectivity index (χ1) is 21.8. The van der Waals surface area contributed by atoms with Crippen molar-refractivity contribution in [2.24, 2.45) is 5.41 Å². The largest absolute Gasteiger partial charge is 0.474 e. The fourth-order valence-electron chi connectivity index (χ4n) is 5.55. The second-order valence-electron chi connectivity index (χ2n) is 11.9. The zero-order valence-electron chi connectivity index (χ0n) is 26.3. The van der Waals surface area contributed by atoms with E-state index in [1.165, 1.54) is 0 Å². The number of rotatable bonds is 10. The number of hydrogen-bond acceptors (Lipinski definition) is 11. The second-order valence-corrected chi connectivity index (χ2v) is 11.9. The Bertz CT molecular complexity index is 1570. The molecule has 4 heterocycles. The maximum absolute atomic E-state index is 16.5. The Kier molecular flexibility index (Phi) is 9.98. The molecule has 1 atom stereocenters. The molecular formula is C30H39F5N8O3. The summed E-state index contributed by atoms with van der Waals surface area (Å²) in [5.41, 5.74) is 0.751. The number of nitrogen functional groups attached to an aromatic ring is 1. The number of ether oxygens (including phenoxy) is 3. The van der Waals surface area contributed by atoms with Gasteiger partial charge in [0.1, 0.15) is 22.4 Å². The molecule has 4 N–H and O–H groups in total. The molecule has 0 radical (unpaired) electrons. The van der Waals surface area contributed by atoms with E-state index >= 15 is 8.78 Å². The number of nitrogens with one attached hydrogen (secondary N) is 2. The molecule has 46 heavy (non-hydrogen) atoms. The van der Waals surface area contributed by atoms with E-state index in [2.05, 4.69) is 35.5 Å². The molecule has 1 aliphatic heterocycles. The molecule has 1 unspecified atom stereocenters. The third kappa shape index (κ3) is 7.33. The van der Waals surface area contributed by atoms with Gasteiger partial charge in [-0.05, 0) is 53.6 Å². The monoisotopic (exact) mass is 654 g/mol. The SMILES string of the molecule is CCOCCN(C)CC1(COc2nc3c4c(nc(-c5c(F)c(N)nc(C)c5C(F)(F)F)c(F)c4n2)OC(C)CCNCCN3)CC1. The normalized spacial score (nSPS) is 18.2. The summed E-state index contributed by atoms with van der Waals surface area (Å²) >= 11 is 0. The van der Waals surface area contributed by atoms with Gasteiger partial charge in [-0.25, -0.2) is 18.7 Å². The van der Waals surface area contributed by atoms with Crippen LogP contribution in [0, 0.1) is 24.0 Å². The summed E-state index contributed by atoms with van der Waals surface area (Å²) in [6.45, 7) is 9.06. The minimum absolute atomic E-state index is 0.00754. The topological polar surface area (TPSA) is 133 Å². The van der Waals surface area contributed by atoms with Crippen molar-refractivity contribution in [1.82, 2.24) is 30.2 Å².